The second-order valence-electron chi connectivity index (χ2n) is 6.69. The lowest BCUT2D eigenvalue weighted by Crippen LogP contribution is -2.33. The number of aryl methyl sites for hydroxylation is 4. The highest BCUT2D eigenvalue weighted by atomic mass is 32.3. The highest BCUT2D eigenvalue weighted by molar-refractivity contribution is 7.81. The van der Waals surface area contributed by atoms with Crippen LogP contribution < -0.4 is 9.13 Å². The number of hydrogen-bond donors (Lipinski definition) is 0. The highest BCUT2D eigenvalue weighted by Crippen LogP contribution is 2.23. The molecule has 0 aliphatic carbocycles. The van der Waals surface area contributed by atoms with Crippen molar-refractivity contribution in [3.05, 3.63) is 58.5 Å². The molecule has 0 bridgehead atoms. The van der Waals surface area contributed by atoms with Gasteiger partial charge in [-0.3, -0.25) is 8.37 Å². The summed E-state index contributed by atoms with van der Waals surface area (Å²) in [6.45, 7) is 0. The summed E-state index contributed by atoms with van der Waals surface area (Å²) in [5.41, 5.74) is 2.67. The monoisotopic (exact) mass is 548 g/mol. The van der Waals surface area contributed by atoms with Crippen molar-refractivity contribution in [1.29, 1.82) is 0 Å². The van der Waals surface area contributed by atoms with Crippen LogP contribution in [0.4, 0.5) is 0 Å². The first-order chi connectivity index (χ1) is 15.9. The van der Waals surface area contributed by atoms with Crippen LogP contribution in [0.2, 0.25) is 0 Å². The van der Waals surface area contributed by atoms with E-state index in [4.69, 9.17) is 0 Å². The lowest BCUT2D eigenvalue weighted by molar-refractivity contribution is -0.652. The zero-order valence-corrected chi connectivity index (χ0v) is 22.1. The Kier molecular flexibility index (Phi) is 10.0. The minimum atomic E-state index is -4.41. The van der Waals surface area contributed by atoms with E-state index in [0.29, 0.717) is 0 Å². The number of benzene rings is 2. The molecule has 0 fully saturated rings. The van der Waals surface area contributed by atoms with Gasteiger partial charge in [0.15, 0.2) is 0 Å². The van der Waals surface area contributed by atoms with Crippen LogP contribution >= 0.6 is 22.7 Å². The van der Waals surface area contributed by atoms with Crippen LogP contribution in [0.25, 0.3) is 20.4 Å². The minimum absolute atomic E-state index is 0.808. The average molecular weight is 549 g/mol. The molecule has 4 aromatic rings. The lowest BCUT2D eigenvalue weighted by Gasteiger charge is -1.98. The van der Waals surface area contributed by atoms with Crippen LogP contribution in [0.15, 0.2) is 48.5 Å². The van der Waals surface area contributed by atoms with Crippen molar-refractivity contribution >= 4 is 63.9 Å². The van der Waals surface area contributed by atoms with Crippen molar-refractivity contribution in [1.82, 2.24) is 0 Å². The SMILES string of the molecule is COS(=O)(=O)[O-].COS(=O)(=O)[O-].C[n+]1c(CCc2sc3ccccc3[n+]2C)sc2ccccc21. The molecule has 186 valence electrons. The third kappa shape index (κ3) is 8.32. The summed E-state index contributed by atoms with van der Waals surface area (Å²) in [4.78, 5) is 0. The van der Waals surface area contributed by atoms with Gasteiger partial charge < -0.3 is 9.11 Å². The largest absolute Gasteiger partial charge is 0.726 e. The van der Waals surface area contributed by atoms with E-state index in [9.17, 15) is 25.9 Å². The predicted octanol–water partition coefficient (Wildman–Crippen LogP) is 1.74. The second kappa shape index (κ2) is 12.1. The Labute approximate surface area is 206 Å². The number of thiazole rings is 2. The molecule has 0 unspecified atom stereocenters. The number of hydrogen-bond acceptors (Lipinski definition) is 10. The van der Waals surface area contributed by atoms with Crippen LogP contribution in [0.1, 0.15) is 10.0 Å². The topological polar surface area (TPSA) is 141 Å². The molecule has 0 amide bonds. The molecule has 0 saturated heterocycles. The first-order valence-corrected chi connectivity index (χ1v) is 13.9. The van der Waals surface area contributed by atoms with Crippen molar-refractivity contribution in [3.8, 4) is 0 Å². The Hall–Kier alpha value is -2.04. The molecule has 4 rings (SSSR count). The van der Waals surface area contributed by atoms with Crippen LogP contribution in [0, 0.1) is 0 Å². The van der Waals surface area contributed by atoms with Crippen molar-refractivity contribution in [2.75, 3.05) is 14.2 Å². The summed E-state index contributed by atoms with van der Waals surface area (Å²) in [6.07, 6.45) is 2.19. The van der Waals surface area contributed by atoms with Crippen molar-refractivity contribution in [3.63, 3.8) is 0 Å². The smallest absolute Gasteiger partial charge is 0.238 e. The highest BCUT2D eigenvalue weighted by Gasteiger charge is 2.21. The second-order valence-corrected chi connectivity index (χ2v) is 11.2. The normalized spacial score (nSPS) is 11.6. The predicted molar refractivity (Wildman–Crippen MR) is 127 cm³/mol. The van der Waals surface area contributed by atoms with E-state index in [0.717, 1.165) is 27.1 Å². The number of nitrogens with zero attached hydrogens (tertiary/aromatic N) is 2. The summed E-state index contributed by atoms with van der Waals surface area (Å²) in [5.74, 6) is 0. The molecule has 0 N–H and O–H groups in total. The third-order valence-corrected chi connectivity index (χ3v) is 7.99. The molecule has 0 aliphatic rings. The molecule has 0 spiro atoms. The van der Waals surface area contributed by atoms with Crippen LogP contribution in [-0.4, -0.2) is 40.2 Å². The van der Waals surface area contributed by atoms with E-state index in [1.54, 1.807) is 0 Å². The zero-order chi connectivity index (χ0) is 25.5. The van der Waals surface area contributed by atoms with Gasteiger partial charge in [0.2, 0.25) is 41.8 Å². The van der Waals surface area contributed by atoms with Crippen molar-refractivity contribution < 1.29 is 43.4 Å². The molecule has 2 heterocycles. The van der Waals surface area contributed by atoms with Crippen molar-refractivity contribution in [2.24, 2.45) is 14.1 Å². The lowest BCUT2D eigenvalue weighted by atomic mass is 10.3. The fourth-order valence-corrected chi connectivity index (χ4v) is 5.25. The Morgan fingerprint density at radius 1 is 0.706 bits per heavy atom. The van der Waals surface area contributed by atoms with E-state index in [-0.39, 0.29) is 0 Å². The fourth-order valence-electron chi connectivity index (χ4n) is 2.95. The van der Waals surface area contributed by atoms with E-state index < -0.39 is 20.8 Å². The van der Waals surface area contributed by atoms with Crippen LogP contribution in [-0.2, 0) is 56.1 Å². The van der Waals surface area contributed by atoms with E-state index in [1.165, 1.54) is 30.4 Å². The number of rotatable bonds is 5. The third-order valence-electron chi connectivity index (χ3n) is 4.62. The van der Waals surface area contributed by atoms with Gasteiger partial charge in [-0.05, 0) is 12.1 Å². The summed E-state index contributed by atoms with van der Waals surface area (Å²) >= 11 is 3.83. The Morgan fingerprint density at radius 2 is 1.00 bits per heavy atom. The minimum Gasteiger partial charge on any atom is -0.726 e. The van der Waals surface area contributed by atoms with E-state index in [1.807, 2.05) is 22.7 Å². The van der Waals surface area contributed by atoms with Gasteiger partial charge in [0.05, 0.1) is 27.1 Å². The van der Waals surface area contributed by atoms with Gasteiger partial charge in [0.25, 0.3) is 0 Å². The molecule has 34 heavy (non-hydrogen) atoms. The van der Waals surface area contributed by atoms with Gasteiger partial charge in [0, 0.05) is 12.1 Å². The number of fused-ring (bicyclic) bond motifs is 2. The van der Waals surface area contributed by atoms with Gasteiger partial charge >= 0.3 is 0 Å². The van der Waals surface area contributed by atoms with Gasteiger partial charge in [0.1, 0.15) is 23.5 Å². The molecule has 2 aromatic carbocycles. The van der Waals surface area contributed by atoms with Gasteiger partial charge in [-0.2, -0.15) is 9.13 Å². The summed E-state index contributed by atoms with van der Waals surface area (Å²) in [6, 6.07) is 17.3. The zero-order valence-electron chi connectivity index (χ0n) is 18.8. The Morgan fingerprint density at radius 3 is 1.26 bits per heavy atom. The maximum absolute atomic E-state index is 9.22. The molecule has 0 radical (unpaired) electrons. The maximum atomic E-state index is 9.22. The molecule has 0 atom stereocenters. The molecule has 0 saturated carbocycles. The first-order valence-electron chi connectivity index (χ1n) is 9.62. The van der Waals surface area contributed by atoms with E-state index >= 15 is 0 Å². The van der Waals surface area contributed by atoms with Crippen molar-refractivity contribution in [2.45, 2.75) is 12.8 Å². The maximum Gasteiger partial charge on any atom is 0.238 e. The molecule has 2 aromatic heterocycles. The molecule has 10 nitrogen and oxygen atoms in total. The summed E-state index contributed by atoms with van der Waals surface area (Å²) in [5, 5.41) is 2.89. The molecule has 0 aliphatic heterocycles. The van der Waals surface area contributed by atoms with Gasteiger partial charge in [-0.15, -0.1) is 0 Å². The Balaban J connectivity index is 0.000000285. The standard InChI is InChI=1S/C18H18N2S2.2CH4O4S/c1-19-13-7-3-5-9-15(13)21-17(19)11-12-18-20(2)14-8-4-6-10-16(14)22-18;2*1-5-6(2,3)4/h3-10H,11-12H2,1-2H3;2*1H3,(H,2,3,4)/q+2;;/p-2. The quantitative estimate of drug-likeness (QED) is 0.209. The van der Waals surface area contributed by atoms with Crippen LogP contribution in [0.3, 0.4) is 0 Å². The average Bonchev–Trinajstić information content (AvgIpc) is 3.29. The van der Waals surface area contributed by atoms with Gasteiger partial charge in [-0.25, -0.2) is 16.8 Å². The molecule has 14 heteroatoms. The summed E-state index contributed by atoms with van der Waals surface area (Å²) < 4.78 is 69.5. The van der Waals surface area contributed by atoms with E-state index in [2.05, 4.69) is 80.1 Å². The Bertz CT molecular complexity index is 1350. The van der Waals surface area contributed by atoms with Gasteiger partial charge in [-0.1, -0.05) is 46.9 Å². The van der Waals surface area contributed by atoms with Crippen LogP contribution in [0.5, 0.6) is 0 Å². The summed E-state index contributed by atoms with van der Waals surface area (Å²) in [7, 11) is -2.85. The first kappa shape index (κ1) is 28.2. The number of para-hydroxylation sites is 2. The number of aromatic nitrogens is 2. The molecular formula is C20H24N2O8S4. The fraction of sp³-hybridized carbons (Fsp3) is 0.300. The molecular weight excluding hydrogens is 524 g/mol.